The smallest absolute Gasteiger partial charge is 0.152 e. The van der Waals surface area contributed by atoms with Gasteiger partial charge in [-0.05, 0) is 6.42 Å². The van der Waals surface area contributed by atoms with Crippen LogP contribution in [0.1, 0.15) is 6.42 Å². The Morgan fingerprint density at radius 1 is 1.73 bits per heavy atom. The van der Waals surface area contributed by atoms with E-state index in [4.69, 9.17) is 5.26 Å². The minimum Gasteiger partial charge on any atom is -0.302 e. The summed E-state index contributed by atoms with van der Waals surface area (Å²) in [4.78, 5) is 10.3. The summed E-state index contributed by atoms with van der Waals surface area (Å²) < 4.78 is 21.6. The van der Waals surface area contributed by atoms with Gasteiger partial charge in [0.2, 0.25) is 0 Å². The first-order chi connectivity index (χ1) is 4.96. The molecule has 5 heteroatoms. The van der Waals surface area contributed by atoms with E-state index in [2.05, 4.69) is 0 Å². The van der Waals surface area contributed by atoms with Gasteiger partial charge in [0.15, 0.2) is 9.84 Å². The third-order valence-electron chi connectivity index (χ3n) is 1.87. The second kappa shape index (κ2) is 2.05. The number of carbonyl (C=O) groups is 1. The van der Waals surface area contributed by atoms with Gasteiger partial charge in [-0.15, -0.1) is 0 Å². The fraction of sp³-hybridized carbons (Fsp3) is 0.667. The van der Waals surface area contributed by atoms with Crippen molar-refractivity contribution >= 4 is 16.1 Å². The van der Waals surface area contributed by atoms with Crippen LogP contribution in [-0.4, -0.2) is 26.2 Å². The molecule has 0 aromatic rings. The van der Waals surface area contributed by atoms with Crippen LogP contribution in [-0.2, 0) is 14.6 Å². The minimum absolute atomic E-state index is 0.159. The van der Waals surface area contributed by atoms with Gasteiger partial charge in [-0.25, -0.2) is 8.42 Å². The molecule has 0 spiro atoms. The lowest BCUT2D eigenvalue weighted by Gasteiger charge is -1.94. The van der Waals surface area contributed by atoms with Crippen molar-refractivity contribution in [1.82, 2.24) is 0 Å². The largest absolute Gasteiger partial charge is 0.302 e. The van der Waals surface area contributed by atoms with Crippen LogP contribution in [0, 0.1) is 16.7 Å². The molecule has 1 aliphatic rings. The molecule has 60 valence electrons. The van der Waals surface area contributed by atoms with Gasteiger partial charge in [0, 0.05) is 6.26 Å². The molecule has 0 radical (unpaired) electrons. The first-order valence-electron chi connectivity index (χ1n) is 3.03. The molecule has 0 aliphatic heterocycles. The highest BCUT2D eigenvalue weighted by molar-refractivity contribution is 7.91. The number of aldehydes is 1. The summed E-state index contributed by atoms with van der Waals surface area (Å²) in [6, 6.07) is 1.71. The minimum atomic E-state index is -3.22. The number of carbonyl (C=O) groups excluding carboxylic acids is 1. The quantitative estimate of drug-likeness (QED) is 0.528. The third-order valence-corrected chi connectivity index (χ3v) is 3.49. The molecular formula is C6H7NO3S. The van der Waals surface area contributed by atoms with E-state index in [9.17, 15) is 13.2 Å². The highest BCUT2D eigenvalue weighted by Crippen LogP contribution is 2.47. The van der Waals surface area contributed by atoms with Crippen molar-refractivity contribution in [2.45, 2.75) is 11.7 Å². The van der Waals surface area contributed by atoms with Gasteiger partial charge in [0.05, 0.1) is 11.3 Å². The van der Waals surface area contributed by atoms with Gasteiger partial charge in [-0.1, -0.05) is 0 Å². The monoisotopic (exact) mass is 173 g/mol. The topological polar surface area (TPSA) is 75.0 Å². The van der Waals surface area contributed by atoms with E-state index in [1.165, 1.54) is 0 Å². The number of rotatable bonds is 2. The van der Waals surface area contributed by atoms with Crippen LogP contribution < -0.4 is 0 Å². The first kappa shape index (κ1) is 8.21. The van der Waals surface area contributed by atoms with Gasteiger partial charge < -0.3 is 4.79 Å². The number of sulfone groups is 1. The molecule has 0 aromatic heterocycles. The summed E-state index contributed by atoms with van der Waals surface area (Å²) in [7, 11) is -3.22. The van der Waals surface area contributed by atoms with Crippen LogP contribution in [0.2, 0.25) is 0 Å². The van der Waals surface area contributed by atoms with E-state index in [1.807, 2.05) is 0 Å². The first-order valence-corrected chi connectivity index (χ1v) is 4.98. The highest BCUT2D eigenvalue weighted by atomic mass is 32.2. The Kier molecular flexibility index (Phi) is 1.53. The van der Waals surface area contributed by atoms with Crippen LogP contribution >= 0.6 is 0 Å². The highest BCUT2D eigenvalue weighted by Gasteiger charge is 2.61. The molecule has 0 amide bonds. The standard InChI is InChI=1S/C6H7NO3S/c1-11(9,10)5-2-6(5,3-7)4-8/h4-5H,2H2,1H3/t5-,6-/m0/s1. The molecule has 1 aliphatic carbocycles. The van der Waals surface area contributed by atoms with Gasteiger partial charge >= 0.3 is 0 Å². The Balaban J connectivity index is 2.92. The molecule has 0 saturated heterocycles. The zero-order valence-electron chi connectivity index (χ0n) is 5.94. The van der Waals surface area contributed by atoms with Crippen LogP contribution in [0.3, 0.4) is 0 Å². The molecule has 11 heavy (non-hydrogen) atoms. The normalized spacial score (nSPS) is 35.8. The van der Waals surface area contributed by atoms with E-state index in [1.54, 1.807) is 6.07 Å². The van der Waals surface area contributed by atoms with Gasteiger partial charge in [-0.2, -0.15) is 5.26 Å². The Morgan fingerprint density at radius 2 is 2.27 bits per heavy atom. The summed E-state index contributed by atoms with van der Waals surface area (Å²) in [5, 5.41) is 7.68. The van der Waals surface area contributed by atoms with E-state index in [-0.39, 0.29) is 6.42 Å². The molecular weight excluding hydrogens is 166 g/mol. The number of nitriles is 1. The zero-order valence-corrected chi connectivity index (χ0v) is 6.76. The molecule has 1 rings (SSSR count). The van der Waals surface area contributed by atoms with Crippen molar-refractivity contribution in [3.63, 3.8) is 0 Å². The Labute approximate surface area is 64.7 Å². The van der Waals surface area contributed by atoms with Gasteiger partial charge in [0.25, 0.3) is 0 Å². The zero-order chi connectivity index (χ0) is 8.70. The average Bonchev–Trinajstić information content (AvgIpc) is 2.61. The van der Waals surface area contributed by atoms with Crippen molar-refractivity contribution in [3.05, 3.63) is 0 Å². The second-order valence-corrected chi connectivity index (χ2v) is 5.02. The van der Waals surface area contributed by atoms with Gasteiger partial charge in [-0.3, -0.25) is 0 Å². The fourth-order valence-electron chi connectivity index (χ4n) is 1.05. The van der Waals surface area contributed by atoms with Crippen LogP contribution in [0.5, 0.6) is 0 Å². The van der Waals surface area contributed by atoms with Crippen LogP contribution in [0.4, 0.5) is 0 Å². The molecule has 0 bridgehead atoms. The molecule has 1 fully saturated rings. The molecule has 4 nitrogen and oxygen atoms in total. The van der Waals surface area contributed by atoms with Crippen molar-refractivity contribution in [2.24, 2.45) is 5.41 Å². The molecule has 1 saturated carbocycles. The Bertz CT molecular complexity index is 326. The third kappa shape index (κ3) is 1.14. The van der Waals surface area contributed by atoms with E-state index >= 15 is 0 Å². The molecule has 0 aromatic carbocycles. The van der Waals surface area contributed by atoms with Crippen molar-refractivity contribution < 1.29 is 13.2 Å². The van der Waals surface area contributed by atoms with E-state index in [0.717, 1.165) is 6.26 Å². The second-order valence-electron chi connectivity index (χ2n) is 2.79. The lowest BCUT2D eigenvalue weighted by atomic mass is 10.2. The summed E-state index contributed by atoms with van der Waals surface area (Å²) in [5.41, 5.74) is -1.23. The summed E-state index contributed by atoms with van der Waals surface area (Å²) in [6.45, 7) is 0. The number of nitrogens with zero attached hydrogens (tertiary/aromatic N) is 1. The molecule has 0 unspecified atom stereocenters. The predicted molar refractivity (Wildman–Crippen MR) is 37.4 cm³/mol. The van der Waals surface area contributed by atoms with Crippen molar-refractivity contribution in [1.29, 1.82) is 5.26 Å². The van der Waals surface area contributed by atoms with Crippen LogP contribution in [0.25, 0.3) is 0 Å². The summed E-state index contributed by atoms with van der Waals surface area (Å²) in [5.74, 6) is 0. The maximum absolute atomic E-state index is 10.8. The van der Waals surface area contributed by atoms with Crippen molar-refractivity contribution in [2.75, 3.05) is 6.26 Å². The van der Waals surface area contributed by atoms with E-state index in [0.29, 0.717) is 6.29 Å². The average molecular weight is 173 g/mol. The lowest BCUT2D eigenvalue weighted by molar-refractivity contribution is -0.110. The van der Waals surface area contributed by atoms with Crippen LogP contribution in [0.15, 0.2) is 0 Å². The van der Waals surface area contributed by atoms with E-state index < -0.39 is 20.5 Å². The SMILES string of the molecule is CS(=O)(=O)[C@H]1C[C@]1(C#N)C=O. The number of hydrogen-bond donors (Lipinski definition) is 0. The maximum atomic E-state index is 10.8. The summed E-state index contributed by atoms with van der Waals surface area (Å²) in [6.07, 6.45) is 1.63. The molecule has 0 N–H and O–H groups in total. The maximum Gasteiger partial charge on any atom is 0.152 e. The Hall–Kier alpha value is -0.890. The lowest BCUT2D eigenvalue weighted by Crippen LogP contribution is -2.14. The molecule has 2 atom stereocenters. The number of hydrogen-bond acceptors (Lipinski definition) is 4. The van der Waals surface area contributed by atoms with Gasteiger partial charge in [0.1, 0.15) is 11.7 Å². The summed E-state index contributed by atoms with van der Waals surface area (Å²) >= 11 is 0. The molecule has 0 heterocycles. The van der Waals surface area contributed by atoms with Crippen molar-refractivity contribution in [3.8, 4) is 6.07 Å². The Morgan fingerprint density at radius 3 is 2.36 bits per heavy atom. The predicted octanol–water partition coefficient (Wildman–Crippen LogP) is -0.488. The fourth-order valence-corrected chi connectivity index (χ4v) is 2.50.